The highest BCUT2D eigenvalue weighted by atomic mass is 16.7. The van der Waals surface area contributed by atoms with Crippen molar-refractivity contribution in [3.05, 3.63) is 70.4 Å². The zero-order chi connectivity index (χ0) is 25.3. The molecule has 190 valence electrons. The monoisotopic (exact) mass is 482 g/mol. The third kappa shape index (κ3) is 6.39. The predicted molar refractivity (Wildman–Crippen MR) is 139 cm³/mol. The molecule has 0 N–H and O–H groups in total. The van der Waals surface area contributed by atoms with Gasteiger partial charge in [0.25, 0.3) is 0 Å². The van der Waals surface area contributed by atoms with Crippen molar-refractivity contribution in [1.82, 2.24) is 0 Å². The van der Waals surface area contributed by atoms with Crippen LogP contribution in [0.1, 0.15) is 44.6 Å². The average molecular weight is 483 g/mol. The van der Waals surface area contributed by atoms with Gasteiger partial charge in [0.05, 0.1) is 11.5 Å². The van der Waals surface area contributed by atoms with Gasteiger partial charge in [-0.05, 0) is 24.1 Å². The van der Waals surface area contributed by atoms with E-state index in [1.54, 1.807) is 34.5 Å². The smallest absolute Gasteiger partial charge is 0.200 e. The van der Waals surface area contributed by atoms with E-state index in [4.69, 9.17) is 23.4 Å². The van der Waals surface area contributed by atoms with Gasteiger partial charge < -0.3 is 23.4 Å². The Balaban J connectivity index is 1.93. The lowest BCUT2D eigenvalue weighted by molar-refractivity contribution is -0.284. The van der Waals surface area contributed by atoms with Crippen molar-refractivity contribution in [3.8, 4) is 11.3 Å². The molecule has 0 fully saturated rings. The summed E-state index contributed by atoms with van der Waals surface area (Å²) in [6, 6.07) is 16.7. The zero-order valence-corrected chi connectivity index (χ0v) is 21.5. The third-order valence-electron chi connectivity index (χ3n) is 6.66. The van der Waals surface area contributed by atoms with E-state index in [0.29, 0.717) is 23.2 Å². The van der Waals surface area contributed by atoms with E-state index in [1.807, 2.05) is 42.5 Å². The first-order valence-electron chi connectivity index (χ1n) is 12.3. The Morgan fingerprint density at radius 1 is 0.886 bits per heavy atom. The highest BCUT2D eigenvalue weighted by molar-refractivity contribution is 5.79. The highest BCUT2D eigenvalue weighted by Crippen LogP contribution is 2.31. The maximum Gasteiger partial charge on any atom is 0.200 e. The van der Waals surface area contributed by atoms with Gasteiger partial charge in [0, 0.05) is 46.5 Å². The van der Waals surface area contributed by atoms with Crippen molar-refractivity contribution in [1.29, 1.82) is 0 Å². The quantitative estimate of drug-likeness (QED) is 0.208. The molecule has 0 saturated carbocycles. The van der Waals surface area contributed by atoms with E-state index in [1.165, 1.54) is 18.9 Å². The molecule has 2 aromatic carbocycles. The lowest BCUT2D eigenvalue weighted by atomic mass is 9.92. The van der Waals surface area contributed by atoms with Crippen LogP contribution in [0.5, 0.6) is 0 Å². The van der Waals surface area contributed by atoms with Gasteiger partial charge in [-0.1, -0.05) is 69.0 Å². The van der Waals surface area contributed by atoms with E-state index in [0.717, 1.165) is 30.4 Å². The van der Waals surface area contributed by atoms with Gasteiger partial charge in [-0.2, -0.15) is 0 Å². The zero-order valence-electron chi connectivity index (χ0n) is 21.5. The molecule has 2 unspecified atom stereocenters. The molecule has 0 amide bonds. The van der Waals surface area contributed by atoms with Crippen LogP contribution >= 0.6 is 0 Å². The number of hydrogen-bond acceptors (Lipinski definition) is 6. The van der Waals surface area contributed by atoms with Crippen LogP contribution in [0.25, 0.3) is 22.3 Å². The molecule has 3 aromatic rings. The summed E-state index contributed by atoms with van der Waals surface area (Å²) >= 11 is 0. The predicted octanol–water partition coefficient (Wildman–Crippen LogP) is 5.99. The second-order valence-corrected chi connectivity index (χ2v) is 8.85. The number of ether oxygens (including phenoxy) is 4. The fraction of sp³-hybridized carbons (Fsp3) is 0.483. The standard InChI is InChI=1S/C29H38O6/c1-6-7-8-12-15-25(31-2)28(32-3)29(33-4,34-5)20-21-16-17-23-24(30)19-26(35-27(23)18-21)22-13-10-9-11-14-22/h9-11,13-14,16-19,25,28H,6-8,12,15,20H2,1-5H3. The summed E-state index contributed by atoms with van der Waals surface area (Å²) in [5.74, 6) is -0.545. The fourth-order valence-electron chi connectivity index (χ4n) is 4.68. The molecular weight excluding hydrogens is 444 g/mol. The van der Waals surface area contributed by atoms with Gasteiger partial charge in [-0.25, -0.2) is 0 Å². The number of unbranched alkanes of at least 4 members (excludes halogenated alkanes) is 3. The normalized spacial score (nSPS) is 13.7. The van der Waals surface area contributed by atoms with Gasteiger partial charge in [-0.3, -0.25) is 4.79 Å². The molecule has 3 rings (SSSR count). The molecule has 0 radical (unpaired) electrons. The lowest BCUT2D eigenvalue weighted by Gasteiger charge is -2.41. The van der Waals surface area contributed by atoms with Crippen LogP contribution in [0.2, 0.25) is 0 Å². The summed E-state index contributed by atoms with van der Waals surface area (Å²) in [7, 11) is 6.59. The van der Waals surface area contributed by atoms with E-state index in [-0.39, 0.29) is 11.5 Å². The molecule has 35 heavy (non-hydrogen) atoms. The highest BCUT2D eigenvalue weighted by Gasteiger charge is 2.45. The topological polar surface area (TPSA) is 67.1 Å². The van der Waals surface area contributed by atoms with Gasteiger partial charge in [-0.15, -0.1) is 0 Å². The maximum atomic E-state index is 12.8. The van der Waals surface area contributed by atoms with Crippen LogP contribution in [0.4, 0.5) is 0 Å². The Labute approximate surface area is 208 Å². The second-order valence-electron chi connectivity index (χ2n) is 8.85. The Hall–Kier alpha value is -2.51. The maximum absolute atomic E-state index is 12.8. The van der Waals surface area contributed by atoms with Crippen LogP contribution in [0, 0.1) is 0 Å². The molecule has 1 aromatic heterocycles. The van der Waals surface area contributed by atoms with Gasteiger partial charge in [0.1, 0.15) is 17.4 Å². The minimum atomic E-state index is -1.08. The van der Waals surface area contributed by atoms with Crippen LogP contribution in [-0.4, -0.2) is 46.4 Å². The number of rotatable bonds is 14. The number of benzene rings is 2. The van der Waals surface area contributed by atoms with Crippen LogP contribution in [-0.2, 0) is 25.4 Å². The minimum Gasteiger partial charge on any atom is -0.456 e. The number of methoxy groups -OCH3 is 4. The number of fused-ring (bicyclic) bond motifs is 1. The fourth-order valence-corrected chi connectivity index (χ4v) is 4.68. The molecule has 0 spiro atoms. The molecule has 0 aliphatic carbocycles. The summed E-state index contributed by atoms with van der Waals surface area (Å²) in [4.78, 5) is 12.8. The van der Waals surface area contributed by atoms with Crippen molar-refractivity contribution in [3.63, 3.8) is 0 Å². The first kappa shape index (κ1) is 27.1. The first-order valence-corrected chi connectivity index (χ1v) is 12.3. The second kappa shape index (κ2) is 13.0. The van der Waals surface area contributed by atoms with Crippen LogP contribution in [0.15, 0.2) is 63.8 Å². The molecule has 1 heterocycles. The Bertz CT molecular complexity index is 1100. The van der Waals surface area contributed by atoms with Crippen molar-refractivity contribution in [2.45, 2.75) is 63.4 Å². The number of hydrogen-bond donors (Lipinski definition) is 0. The Kier molecular flexibility index (Phi) is 10.0. The van der Waals surface area contributed by atoms with Gasteiger partial charge in [0.15, 0.2) is 5.43 Å². The molecule has 6 heteroatoms. The Morgan fingerprint density at radius 2 is 1.63 bits per heavy atom. The molecule has 0 aliphatic rings. The van der Waals surface area contributed by atoms with Crippen molar-refractivity contribution < 1.29 is 23.4 Å². The first-order chi connectivity index (χ1) is 17.0. The summed E-state index contributed by atoms with van der Waals surface area (Å²) in [5, 5.41) is 0.530. The van der Waals surface area contributed by atoms with Crippen molar-refractivity contribution in [2.24, 2.45) is 0 Å². The molecule has 2 atom stereocenters. The summed E-state index contributed by atoms with van der Waals surface area (Å²) in [5.41, 5.74) is 2.19. The van der Waals surface area contributed by atoms with E-state index in [2.05, 4.69) is 6.92 Å². The van der Waals surface area contributed by atoms with Gasteiger partial charge >= 0.3 is 0 Å². The SMILES string of the molecule is CCCCCCC(OC)C(OC)C(Cc1ccc2c(=O)cc(-c3ccccc3)oc2c1)(OC)OC. The van der Waals surface area contributed by atoms with Crippen LogP contribution in [0.3, 0.4) is 0 Å². The van der Waals surface area contributed by atoms with Crippen LogP contribution < -0.4 is 5.43 Å². The van der Waals surface area contributed by atoms with Crippen molar-refractivity contribution >= 4 is 11.0 Å². The largest absolute Gasteiger partial charge is 0.456 e. The lowest BCUT2D eigenvalue weighted by Crippen LogP contribution is -2.55. The third-order valence-corrected chi connectivity index (χ3v) is 6.66. The molecule has 0 aliphatic heterocycles. The molecule has 6 nitrogen and oxygen atoms in total. The van der Waals surface area contributed by atoms with Gasteiger partial charge in [0.2, 0.25) is 5.79 Å². The summed E-state index contributed by atoms with van der Waals surface area (Å²) in [6.07, 6.45) is 5.14. The van der Waals surface area contributed by atoms with E-state index >= 15 is 0 Å². The minimum absolute atomic E-state index is 0.0808. The molecular formula is C29H38O6. The summed E-state index contributed by atoms with van der Waals surface area (Å²) in [6.45, 7) is 2.20. The van der Waals surface area contributed by atoms with E-state index in [9.17, 15) is 4.79 Å². The molecule has 0 saturated heterocycles. The average Bonchev–Trinajstić information content (AvgIpc) is 2.89. The summed E-state index contributed by atoms with van der Waals surface area (Å²) < 4.78 is 29.8. The van der Waals surface area contributed by atoms with Crippen molar-refractivity contribution in [2.75, 3.05) is 28.4 Å². The van der Waals surface area contributed by atoms with E-state index < -0.39 is 11.9 Å². The Morgan fingerprint density at radius 3 is 2.26 bits per heavy atom. The molecule has 0 bridgehead atoms.